The maximum absolute atomic E-state index is 12.9. The fraction of sp³-hybridized carbons (Fsp3) is 0.222. The monoisotopic (exact) mass is 463 g/mol. The number of carbonyl (C=O) groups excluding carboxylic acids is 1. The average molecular weight is 464 g/mol. The predicted octanol–water partition coefficient (Wildman–Crippen LogP) is 3.57. The Balaban J connectivity index is 2.07. The summed E-state index contributed by atoms with van der Waals surface area (Å²) in [5, 5.41) is 5.22. The third kappa shape index (κ3) is 3.13. The quantitative estimate of drug-likeness (QED) is 0.475. The molecular formula is C18H16BrN4O2S2+. The van der Waals surface area contributed by atoms with E-state index in [2.05, 4.69) is 26.0 Å². The molecule has 1 N–H and O–H groups in total. The van der Waals surface area contributed by atoms with Gasteiger partial charge in [-0.2, -0.15) is 0 Å². The van der Waals surface area contributed by atoms with E-state index in [0.717, 1.165) is 14.4 Å². The van der Waals surface area contributed by atoms with Crippen molar-refractivity contribution in [3.63, 3.8) is 0 Å². The van der Waals surface area contributed by atoms with Crippen LogP contribution in [0, 0.1) is 0 Å². The van der Waals surface area contributed by atoms with E-state index in [1.54, 1.807) is 9.58 Å². The summed E-state index contributed by atoms with van der Waals surface area (Å²) >= 11 is 6.48. The number of carbonyl (C=O) groups is 1. The number of nitrogens with one attached hydrogen (secondary N) is 1. The van der Waals surface area contributed by atoms with Crippen LogP contribution < -0.4 is 15.1 Å². The van der Waals surface area contributed by atoms with Gasteiger partial charge in [-0.15, -0.1) is 11.3 Å². The van der Waals surface area contributed by atoms with Crippen molar-refractivity contribution in [2.24, 2.45) is 0 Å². The first-order valence-corrected chi connectivity index (χ1v) is 10.9. The van der Waals surface area contributed by atoms with Gasteiger partial charge in [-0.25, -0.2) is 4.90 Å². The fourth-order valence-corrected chi connectivity index (χ4v) is 5.32. The smallest absolute Gasteiger partial charge is 0.291 e. The van der Waals surface area contributed by atoms with Crippen molar-refractivity contribution in [2.75, 3.05) is 10.7 Å². The number of rotatable bonds is 3. The highest BCUT2D eigenvalue weighted by Gasteiger charge is 2.45. The van der Waals surface area contributed by atoms with Gasteiger partial charge in [-0.1, -0.05) is 30.8 Å². The minimum Gasteiger partial charge on any atom is -0.291 e. The predicted molar refractivity (Wildman–Crippen MR) is 110 cm³/mol. The lowest BCUT2D eigenvalue weighted by Crippen LogP contribution is -2.60. The van der Waals surface area contributed by atoms with Gasteiger partial charge in [-0.3, -0.25) is 14.6 Å². The number of hydrogen-bond donors (Lipinski definition) is 1. The summed E-state index contributed by atoms with van der Waals surface area (Å²) < 4.78 is 2.63. The Labute approximate surface area is 172 Å². The Kier molecular flexibility index (Phi) is 4.92. The summed E-state index contributed by atoms with van der Waals surface area (Å²) in [4.78, 5) is 31.1. The molecule has 0 saturated heterocycles. The number of anilines is 1. The second kappa shape index (κ2) is 7.21. The van der Waals surface area contributed by atoms with Crippen molar-refractivity contribution < 1.29 is 9.48 Å². The van der Waals surface area contributed by atoms with Crippen LogP contribution in [0.5, 0.6) is 0 Å². The van der Waals surface area contributed by atoms with Crippen molar-refractivity contribution in [1.82, 2.24) is 10.1 Å². The van der Waals surface area contributed by atoms with Crippen molar-refractivity contribution in [2.45, 2.75) is 25.2 Å². The molecule has 0 bridgehead atoms. The molecule has 3 heterocycles. The molecule has 27 heavy (non-hydrogen) atoms. The van der Waals surface area contributed by atoms with Crippen molar-refractivity contribution >= 4 is 50.6 Å². The lowest BCUT2D eigenvalue weighted by molar-refractivity contribution is -0.762. The zero-order valence-corrected chi connectivity index (χ0v) is 17.8. The van der Waals surface area contributed by atoms with Crippen molar-refractivity contribution in [1.29, 1.82) is 0 Å². The first-order valence-electron chi connectivity index (χ1n) is 8.34. The number of H-pyrrole nitrogens is 1. The maximum Gasteiger partial charge on any atom is 0.325 e. The molecule has 0 unspecified atom stereocenters. The molecule has 1 atom stereocenters. The zero-order chi connectivity index (χ0) is 19.1. The van der Waals surface area contributed by atoms with Gasteiger partial charge in [0.2, 0.25) is 11.1 Å². The topological polar surface area (TPSA) is 69.9 Å². The van der Waals surface area contributed by atoms with Crippen LogP contribution in [0.3, 0.4) is 0 Å². The van der Waals surface area contributed by atoms with E-state index in [4.69, 9.17) is 0 Å². The Bertz CT molecular complexity index is 1090. The van der Waals surface area contributed by atoms with Crippen LogP contribution in [-0.2, 0) is 4.79 Å². The summed E-state index contributed by atoms with van der Waals surface area (Å²) in [5.41, 5.74) is 1.65. The number of hydrogen-bond acceptors (Lipinski definition) is 5. The van der Waals surface area contributed by atoms with E-state index in [-0.39, 0.29) is 11.5 Å². The highest BCUT2D eigenvalue weighted by atomic mass is 79.9. The number of aromatic amines is 1. The Hall–Kier alpha value is -1.97. The molecule has 3 aromatic rings. The van der Waals surface area contributed by atoms with Crippen LogP contribution >= 0.6 is 39.0 Å². The van der Waals surface area contributed by atoms with Crippen LogP contribution in [0.2, 0.25) is 0 Å². The van der Waals surface area contributed by atoms with Crippen LogP contribution in [0.4, 0.5) is 5.69 Å². The molecule has 0 saturated carbocycles. The van der Waals surface area contributed by atoms with E-state index in [0.29, 0.717) is 22.1 Å². The number of aromatic nitrogens is 3. The highest BCUT2D eigenvalue weighted by molar-refractivity contribution is 9.11. The minimum atomic E-state index is -0.512. The summed E-state index contributed by atoms with van der Waals surface area (Å²) in [7, 11) is 0. The molecule has 2 aromatic heterocycles. The number of fused-ring (bicyclic) bond motifs is 3. The molecule has 0 radical (unpaired) electrons. The van der Waals surface area contributed by atoms with Gasteiger partial charge in [0.05, 0.1) is 19.9 Å². The first-order chi connectivity index (χ1) is 13.0. The molecule has 1 aromatic carbocycles. The number of amides is 1. The Morgan fingerprint density at radius 2 is 2.15 bits per heavy atom. The number of thioether (sulfide) groups is 1. The van der Waals surface area contributed by atoms with Gasteiger partial charge in [-0.05, 0) is 50.6 Å². The van der Waals surface area contributed by atoms with Gasteiger partial charge in [0.15, 0.2) is 0 Å². The van der Waals surface area contributed by atoms with Crippen LogP contribution in [-0.4, -0.2) is 21.7 Å². The number of thiophene rings is 1. The minimum absolute atomic E-state index is 0.109. The van der Waals surface area contributed by atoms with E-state index < -0.39 is 6.17 Å². The van der Waals surface area contributed by atoms with E-state index in [1.807, 2.05) is 43.3 Å². The van der Waals surface area contributed by atoms with Crippen LogP contribution in [0.1, 0.15) is 24.9 Å². The number of nitrogens with zero attached hydrogens (tertiary/aromatic N) is 3. The lowest BCUT2D eigenvalue weighted by atomic mass is 10.0. The fourth-order valence-electron chi connectivity index (χ4n) is 3.24. The van der Waals surface area contributed by atoms with Gasteiger partial charge in [0.25, 0.3) is 0 Å². The molecule has 6 nitrogen and oxygen atoms in total. The van der Waals surface area contributed by atoms with E-state index >= 15 is 0 Å². The molecule has 0 fully saturated rings. The van der Waals surface area contributed by atoms with Crippen LogP contribution in [0.15, 0.2) is 50.1 Å². The van der Waals surface area contributed by atoms with Gasteiger partial charge < -0.3 is 0 Å². The number of para-hydroxylation sites is 1. The van der Waals surface area contributed by atoms with Gasteiger partial charge >= 0.3 is 17.4 Å². The Morgan fingerprint density at radius 1 is 1.37 bits per heavy atom. The van der Waals surface area contributed by atoms with E-state index in [9.17, 15) is 9.59 Å². The first kappa shape index (κ1) is 18.4. The molecule has 4 rings (SSSR count). The normalized spacial score (nSPS) is 15.4. The third-order valence-corrected chi connectivity index (χ3v) is 6.64. The molecular weight excluding hydrogens is 448 g/mol. The molecule has 0 aliphatic carbocycles. The van der Waals surface area contributed by atoms with Gasteiger partial charge in [0.1, 0.15) is 0 Å². The molecule has 1 aliphatic heterocycles. The molecule has 1 amide bonds. The number of halogens is 1. The molecule has 1 aliphatic rings. The van der Waals surface area contributed by atoms with Crippen molar-refractivity contribution in [3.8, 4) is 11.3 Å². The second-order valence-corrected chi connectivity index (χ2v) is 9.65. The lowest BCUT2D eigenvalue weighted by Gasteiger charge is -2.30. The molecule has 9 heteroatoms. The molecule has 0 spiro atoms. The zero-order valence-electron chi connectivity index (χ0n) is 14.6. The highest BCUT2D eigenvalue weighted by Crippen LogP contribution is 2.39. The van der Waals surface area contributed by atoms with E-state index in [1.165, 1.54) is 30.0 Å². The summed E-state index contributed by atoms with van der Waals surface area (Å²) in [6.07, 6.45) is -0.512. The summed E-state index contributed by atoms with van der Waals surface area (Å²) in [6, 6.07) is 11.3. The molecule has 138 valence electrons. The number of benzene rings is 1. The third-order valence-electron chi connectivity index (χ3n) is 4.23. The van der Waals surface area contributed by atoms with Crippen LogP contribution in [0.25, 0.3) is 11.3 Å². The second-order valence-electron chi connectivity index (χ2n) is 5.91. The van der Waals surface area contributed by atoms with Crippen molar-refractivity contribution in [3.05, 3.63) is 55.4 Å². The average Bonchev–Trinajstić information content (AvgIpc) is 3.06. The maximum atomic E-state index is 12.9. The SMILES string of the molecule is CCSc1n[n+]2c(c(=O)[nH]1)-c1ccccc1N(C(C)=O)[C@@H]2c1ccc(Br)s1. The summed E-state index contributed by atoms with van der Waals surface area (Å²) in [6.45, 7) is 3.53. The Morgan fingerprint density at radius 3 is 2.81 bits per heavy atom. The summed E-state index contributed by atoms with van der Waals surface area (Å²) in [5.74, 6) is 0.673. The standard InChI is InChI=1S/C18H15BrN4O2S2/c1-3-26-18-20-16(25)15-11-6-4-5-7-12(11)22(10(2)24)17(23(15)21-18)13-8-9-14(19)27-13/h4-9,17H,3H2,1-2H3/p+1/t17-/m0/s1. The largest absolute Gasteiger partial charge is 0.325 e. The van der Waals surface area contributed by atoms with Gasteiger partial charge in [0, 0.05) is 12.0 Å².